The zero-order valence-electron chi connectivity index (χ0n) is 10.1. The highest BCUT2D eigenvalue weighted by Gasteiger charge is 2.24. The van der Waals surface area contributed by atoms with Crippen LogP contribution in [0, 0.1) is 0 Å². The number of nitrogens with one attached hydrogen (secondary N) is 1. The standard InChI is InChI=1S/C13H19NO2/c1-4-15-10-5-6-13-11(8-10)12(14-3)7-9(2)16-13/h5-6,8-9,12,14H,4,7H2,1-3H3. The average Bonchev–Trinajstić information content (AvgIpc) is 2.29. The Morgan fingerprint density at radius 2 is 2.31 bits per heavy atom. The summed E-state index contributed by atoms with van der Waals surface area (Å²) in [5, 5.41) is 3.32. The van der Waals surface area contributed by atoms with E-state index in [1.54, 1.807) is 0 Å². The minimum absolute atomic E-state index is 0.267. The Morgan fingerprint density at radius 3 is 3.00 bits per heavy atom. The fourth-order valence-electron chi connectivity index (χ4n) is 2.16. The molecule has 1 aromatic carbocycles. The molecule has 0 spiro atoms. The van der Waals surface area contributed by atoms with Crippen LogP contribution in [0.5, 0.6) is 11.5 Å². The molecule has 0 aliphatic carbocycles. The van der Waals surface area contributed by atoms with Gasteiger partial charge in [-0.1, -0.05) is 0 Å². The molecule has 0 bridgehead atoms. The summed E-state index contributed by atoms with van der Waals surface area (Å²) in [5.74, 6) is 1.89. The maximum Gasteiger partial charge on any atom is 0.124 e. The maximum atomic E-state index is 5.80. The molecule has 16 heavy (non-hydrogen) atoms. The second kappa shape index (κ2) is 4.74. The van der Waals surface area contributed by atoms with Gasteiger partial charge in [-0.2, -0.15) is 0 Å². The van der Waals surface area contributed by atoms with Crippen LogP contribution in [0.2, 0.25) is 0 Å². The molecule has 0 aromatic heterocycles. The van der Waals surface area contributed by atoms with Crippen LogP contribution < -0.4 is 14.8 Å². The van der Waals surface area contributed by atoms with Gasteiger partial charge in [0, 0.05) is 18.0 Å². The van der Waals surface area contributed by atoms with Gasteiger partial charge in [0.15, 0.2) is 0 Å². The smallest absolute Gasteiger partial charge is 0.124 e. The fraction of sp³-hybridized carbons (Fsp3) is 0.538. The van der Waals surface area contributed by atoms with Gasteiger partial charge < -0.3 is 14.8 Å². The van der Waals surface area contributed by atoms with Crippen molar-refractivity contribution in [3.63, 3.8) is 0 Å². The number of benzene rings is 1. The van der Waals surface area contributed by atoms with Crippen LogP contribution in [0.4, 0.5) is 0 Å². The molecule has 0 saturated heterocycles. The van der Waals surface area contributed by atoms with E-state index in [0.717, 1.165) is 17.9 Å². The van der Waals surface area contributed by atoms with E-state index in [0.29, 0.717) is 12.6 Å². The first-order valence-electron chi connectivity index (χ1n) is 5.85. The predicted molar refractivity (Wildman–Crippen MR) is 64.1 cm³/mol. The Kier molecular flexibility index (Phi) is 3.34. The van der Waals surface area contributed by atoms with E-state index in [9.17, 15) is 0 Å². The molecular formula is C13H19NO2. The molecule has 1 heterocycles. The van der Waals surface area contributed by atoms with Crippen molar-refractivity contribution in [3.05, 3.63) is 23.8 Å². The highest BCUT2D eigenvalue weighted by atomic mass is 16.5. The highest BCUT2D eigenvalue weighted by Crippen LogP contribution is 2.36. The average molecular weight is 221 g/mol. The van der Waals surface area contributed by atoms with Gasteiger partial charge in [-0.15, -0.1) is 0 Å². The van der Waals surface area contributed by atoms with E-state index < -0.39 is 0 Å². The number of fused-ring (bicyclic) bond motifs is 1. The van der Waals surface area contributed by atoms with Crippen molar-refractivity contribution in [2.75, 3.05) is 13.7 Å². The van der Waals surface area contributed by atoms with Crippen molar-refractivity contribution in [3.8, 4) is 11.5 Å². The molecule has 1 aliphatic heterocycles. The Morgan fingerprint density at radius 1 is 1.50 bits per heavy atom. The topological polar surface area (TPSA) is 30.5 Å². The van der Waals surface area contributed by atoms with Crippen LogP contribution in [0.25, 0.3) is 0 Å². The third kappa shape index (κ3) is 2.14. The summed E-state index contributed by atoms with van der Waals surface area (Å²) in [6.07, 6.45) is 1.27. The van der Waals surface area contributed by atoms with E-state index >= 15 is 0 Å². The molecule has 3 heteroatoms. The lowest BCUT2D eigenvalue weighted by atomic mass is 9.97. The molecule has 1 aromatic rings. The van der Waals surface area contributed by atoms with Gasteiger partial charge in [-0.05, 0) is 39.1 Å². The molecule has 0 amide bonds. The SMILES string of the molecule is CCOc1ccc2c(c1)C(NC)CC(C)O2. The van der Waals surface area contributed by atoms with Gasteiger partial charge in [0.1, 0.15) is 11.5 Å². The molecule has 1 aliphatic rings. The molecule has 2 unspecified atom stereocenters. The number of ether oxygens (including phenoxy) is 2. The molecule has 88 valence electrons. The number of rotatable bonds is 3. The van der Waals surface area contributed by atoms with Gasteiger partial charge in [0.25, 0.3) is 0 Å². The zero-order chi connectivity index (χ0) is 11.5. The molecule has 2 atom stereocenters. The second-order valence-electron chi connectivity index (χ2n) is 4.14. The molecular weight excluding hydrogens is 202 g/mol. The van der Waals surface area contributed by atoms with Crippen LogP contribution in [-0.2, 0) is 0 Å². The van der Waals surface area contributed by atoms with Crippen molar-refractivity contribution in [1.82, 2.24) is 5.32 Å². The summed E-state index contributed by atoms with van der Waals surface area (Å²) in [4.78, 5) is 0. The van der Waals surface area contributed by atoms with Crippen LogP contribution in [0.3, 0.4) is 0 Å². The summed E-state index contributed by atoms with van der Waals surface area (Å²) >= 11 is 0. The second-order valence-corrected chi connectivity index (χ2v) is 4.14. The Hall–Kier alpha value is -1.22. The molecule has 2 rings (SSSR count). The fourth-order valence-corrected chi connectivity index (χ4v) is 2.16. The first-order valence-corrected chi connectivity index (χ1v) is 5.85. The Bertz CT molecular complexity index is 365. The quantitative estimate of drug-likeness (QED) is 0.850. The first kappa shape index (κ1) is 11.3. The van der Waals surface area contributed by atoms with E-state index in [4.69, 9.17) is 9.47 Å². The van der Waals surface area contributed by atoms with E-state index in [1.165, 1.54) is 5.56 Å². The van der Waals surface area contributed by atoms with Crippen molar-refractivity contribution < 1.29 is 9.47 Å². The molecule has 1 N–H and O–H groups in total. The van der Waals surface area contributed by atoms with Crippen LogP contribution >= 0.6 is 0 Å². The van der Waals surface area contributed by atoms with Crippen LogP contribution in [0.15, 0.2) is 18.2 Å². The monoisotopic (exact) mass is 221 g/mol. The molecule has 0 saturated carbocycles. The third-order valence-corrected chi connectivity index (χ3v) is 2.91. The highest BCUT2D eigenvalue weighted by molar-refractivity contribution is 5.43. The van der Waals surface area contributed by atoms with Crippen molar-refractivity contribution in [1.29, 1.82) is 0 Å². The van der Waals surface area contributed by atoms with E-state index in [-0.39, 0.29) is 6.10 Å². The third-order valence-electron chi connectivity index (χ3n) is 2.91. The first-order chi connectivity index (χ1) is 7.74. The normalized spacial score (nSPS) is 23.4. The lowest BCUT2D eigenvalue weighted by Gasteiger charge is -2.30. The Balaban J connectivity index is 2.32. The van der Waals surface area contributed by atoms with E-state index in [1.807, 2.05) is 26.1 Å². The summed E-state index contributed by atoms with van der Waals surface area (Å²) < 4.78 is 11.3. The van der Waals surface area contributed by atoms with E-state index in [2.05, 4.69) is 18.3 Å². The van der Waals surface area contributed by atoms with Gasteiger partial charge in [0.2, 0.25) is 0 Å². The van der Waals surface area contributed by atoms with Crippen LogP contribution in [0.1, 0.15) is 31.9 Å². The maximum absolute atomic E-state index is 5.80. The minimum Gasteiger partial charge on any atom is -0.494 e. The summed E-state index contributed by atoms with van der Waals surface area (Å²) in [5.41, 5.74) is 1.20. The minimum atomic E-state index is 0.267. The predicted octanol–water partition coefficient (Wildman–Crippen LogP) is 2.52. The summed E-state index contributed by atoms with van der Waals surface area (Å²) in [7, 11) is 1.99. The Labute approximate surface area is 96.8 Å². The molecule has 0 radical (unpaired) electrons. The molecule has 0 fully saturated rings. The molecule has 3 nitrogen and oxygen atoms in total. The number of hydrogen-bond donors (Lipinski definition) is 1. The van der Waals surface area contributed by atoms with Crippen molar-refractivity contribution in [2.24, 2.45) is 0 Å². The van der Waals surface area contributed by atoms with Gasteiger partial charge >= 0.3 is 0 Å². The summed E-state index contributed by atoms with van der Waals surface area (Å²) in [6.45, 7) is 4.79. The zero-order valence-corrected chi connectivity index (χ0v) is 10.1. The van der Waals surface area contributed by atoms with Crippen molar-refractivity contribution in [2.45, 2.75) is 32.4 Å². The number of hydrogen-bond acceptors (Lipinski definition) is 3. The summed E-state index contributed by atoms with van der Waals surface area (Å²) in [6, 6.07) is 6.40. The van der Waals surface area contributed by atoms with Gasteiger partial charge in [-0.3, -0.25) is 0 Å². The van der Waals surface area contributed by atoms with Crippen molar-refractivity contribution >= 4 is 0 Å². The lowest BCUT2D eigenvalue weighted by Crippen LogP contribution is -2.29. The van der Waals surface area contributed by atoms with Crippen LogP contribution in [-0.4, -0.2) is 19.8 Å². The van der Waals surface area contributed by atoms with Gasteiger partial charge in [0.05, 0.1) is 12.7 Å². The van der Waals surface area contributed by atoms with Gasteiger partial charge in [-0.25, -0.2) is 0 Å². The largest absolute Gasteiger partial charge is 0.494 e. The lowest BCUT2D eigenvalue weighted by molar-refractivity contribution is 0.168.